The topological polar surface area (TPSA) is 21.3 Å². The highest BCUT2D eigenvalue weighted by Gasteiger charge is 2.25. The van der Waals surface area contributed by atoms with Gasteiger partial charge in [0, 0.05) is 26.1 Å². The van der Waals surface area contributed by atoms with E-state index in [9.17, 15) is 0 Å². The fraction of sp³-hybridized carbons (Fsp3) is 0.818. The van der Waals surface area contributed by atoms with Gasteiger partial charge in [-0.05, 0) is 18.8 Å². The van der Waals surface area contributed by atoms with Crippen LogP contribution in [-0.4, -0.2) is 25.8 Å². The summed E-state index contributed by atoms with van der Waals surface area (Å²) in [5.41, 5.74) is 0. The van der Waals surface area contributed by atoms with Gasteiger partial charge < -0.3 is 10.1 Å². The van der Waals surface area contributed by atoms with E-state index in [4.69, 9.17) is 11.2 Å². The van der Waals surface area contributed by atoms with E-state index in [1.807, 2.05) is 0 Å². The fourth-order valence-corrected chi connectivity index (χ4v) is 1.83. The van der Waals surface area contributed by atoms with Crippen molar-refractivity contribution in [3.8, 4) is 12.3 Å². The maximum Gasteiger partial charge on any atom is 0.0613 e. The average Bonchev–Trinajstić information content (AvgIpc) is 2.60. The summed E-state index contributed by atoms with van der Waals surface area (Å²) in [7, 11) is 0. The minimum atomic E-state index is 0.471. The smallest absolute Gasteiger partial charge is 0.0613 e. The summed E-state index contributed by atoms with van der Waals surface area (Å²) in [5, 5.41) is 3.37. The average molecular weight is 181 g/mol. The lowest BCUT2D eigenvalue weighted by Gasteiger charge is -2.16. The van der Waals surface area contributed by atoms with Gasteiger partial charge in [0.15, 0.2) is 0 Å². The predicted octanol–water partition coefficient (Wildman–Crippen LogP) is 1.41. The Morgan fingerprint density at radius 2 is 2.46 bits per heavy atom. The van der Waals surface area contributed by atoms with Gasteiger partial charge in [0.2, 0.25) is 0 Å². The summed E-state index contributed by atoms with van der Waals surface area (Å²) < 4.78 is 5.59. The van der Waals surface area contributed by atoms with Gasteiger partial charge in [-0.15, -0.1) is 12.3 Å². The van der Waals surface area contributed by atoms with Crippen LogP contribution in [0.15, 0.2) is 0 Å². The molecule has 1 N–H and O–H groups in total. The minimum absolute atomic E-state index is 0.471. The molecule has 0 aromatic rings. The van der Waals surface area contributed by atoms with Gasteiger partial charge in [0.1, 0.15) is 0 Å². The Balaban J connectivity index is 2.10. The molecular formula is C11H19NO. The van der Waals surface area contributed by atoms with Gasteiger partial charge in [-0.3, -0.25) is 0 Å². The second-order valence-corrected chi connectivity index (χ2v) is 3.52. The van der Waals surface area contributed by atoms with Crippen LogP contribution in [0.4, 0.5) is 0 Å². The van der Waals surface area contributed by atoms with Crippen molar-refractivity contribution < 1.29 is 4.74 Å². The van der Waals surface area contributed by atoms with Gasteiger partial charge in [-0.25, -0.2) is 0 Å². The Bertz CT molecular complexity index is 173. The Hall–Kier alpha value is -0.520. The van der Waals surface area contributed by atoms with E-state index >= 15 is 0 Å². The largest absolute Gasteiger partial charge is 0.378 e. The Kier molecular flexibility index (Phi) is 4.88. The molecule has 1 heterocycles. The molecule has 1 rings (SSSR count). The van der Waals surface area contributed by atoms with Gasteiger partial charge in [0.05, 0.1) is 6.10 Å². The minimum Gasteiger partial charge on any atom is -0.378 e. The lowest BCUT2D eigenvalue weighted by atomic mass is 10.00. The summed E-state index contributed by atoms with van der Waals surface area (Å²) in [6.45, 7) is 5.11. The third-order valence-corrected chi connectivity index (χ3v) is 2.60. The summed E-state index contributed by atoms with van der Waals surface area (Å²) in [6.07, 6.45) is 8.78. The first-order chi connectivity index (χ1) is 6.38. The molecule has 1 fully saturated rings. The van der Waals surface area contributed by atoms with Crippen LogP contribution in [0.5, 0.6) is 0 Å². The van der Waals surface area contributed by atoms with Gasteiger partial charge in [-0.1, -0.05) is 6.92 Å². The molecule has 0 aliphatic carbocycles. The standard InChI is InChI=1S/C11H19NO/c1-3-5-7-12-9-10-6-8-13-11(10)4-2/h1,10-12H,4-9H2,2H3. The SMILES string of the molecule is C#CCCNCC1CCOC1CC. The molecule has 0 saturated carbocycles. The molecule has 0 bridgehead atoms. The van der Waals surface area contributed by atoms with E-state index in [0.29, 0.717) is 12.0 Å². The summed E-state index contributed by atoms with van der Waals surface area (Å²) >= 11 is 0. The number of hydrogen-bond donors (Lipinski definition) is 1. The molecule has 74 valence electrons. The zero-order valence-corrected chi connectivity index (χ0v) is 8.38. The van der Waals surface area contributed by atoms with Crippen LogP contribution in [0.2, 0.25) is 0 Å². The normalized spacial score (nSPS) is 27.4. The zero-order valence-electron chi connectivity index (χ0n) is 8.38. The van der Waals surface area contributed by atoms with Crippen molar-refractivity contribution in [1.82, 2.24) is 5.32 Å². The van der Waals surface area contributed by atoms with Crippen molar-refractivity contribution in [2.45, 2.75) is 32.3 Å². The Morgan fingerprint density at radius 1 is 1.62 bits per heavy atom. The van der Waals surface area contributed by atoms with Crippen molar-refractivity contribution in [3.63, 3.8) is 0 Å². The summed E-state index contributed by atoms with van der Waals surface area (Å²) in [4.78, 5) is 0. The van der Waals surface area contributed by atoms with Gasteiger partial charge in [0.25, 0.3) is 0 Å². The van der Waals surface area contributed by atoms with E-state index < -0.39 is 0 Å². The highest BCUT2D eigenvalue weighted by molar-refractivity contribution is 4.84. The van der Waals surface area contributed by atoms with Crippen LogP contribution in [0.1, 0.15) is 26.2 Å². The van der Waals surface area contributed by atoms with Crippen LogP contribution < -0.4 is 5.32 Å². The first-order valence-corrected chi connectivity index (χ1v) is 5.14. The molecule has 13 heavy (non-hydrogen) atoms. The second-order valence-electron chi connectivity index (χ2n) is 3.52. The lowest BCUT2D eigenvalue weighted by molar-refractivity contribution is 0.0874. The molecule has 0 aromatic heterocycles. The van der Waals surface area contributed by atoms with Crippen LogP contribution in [0, 0.1) is 18.3 Å². The molecule has 2 atom stereocenters. The fourth-order valence-electron chi connectivity index (χ4n) is 1.83. The first kappa shape index (κ1) is 10.6. The molecule has 0 radical (unpaired) electrons. The maximum atomic E-state index is 5.59. The number of rotatable bonds is 5. The monoisotopic (exact) mass is 181 g/mol. The molecular weight excluding hydrogens is 162 g/mol. The molecule has 2 heteroatoms. The Morgan fingerprint density at radius 3 is 3.15 bits per heavy atom. The number of ether oxygens (including phenoxy) is 1. The second kappa shape index (κ2) is 6.01. The van der Waals surface area contributed by atoms with Crippen LogP contribution >= 0.6 is 0 Å². The van der Waals surface area contributed by atoms with Crippen molar-refractivity contribution in [2.75, 3.05) is 19.7 Å². The third-order valence-electron chi connectivity index (χ3n) is 2.60. The molecule has 1 aliphatic rings. The van der Waals surface area contributed by atoms with Crippen molar-refractivity contribution in [3.05, 3.63) is 0 Å². The van der Waals surface area contributed by atoms with Crippen LogP contribution in [0.3, 0.4) is 0 Å². The summed E-state index contributed by atoms with van der Waals surface area (Å²) in [6, 6.07) is 0. The number of terminal acetylenes is 1. The molecule has 2 nitrogen and oxygen atoms in total. The van der Waals surface area contributed by atoms with Crippen LogP contribution in [0.25, 0.3) is 0 Å². The number of hydrogen-bond acceptors (Lipinski definition) is 2. The molecule has 0 spiro atoms. The third kappa shape index (κ3) is 3.38. The van der Waals surface area contributed by atoms with E-state index in [0.717, 1.165) is 32.5 Å². The predicted molar refractivity (Wildman–Crippen MR) is 54.5 cm³/mol. The van der Waals surface area contributed by atoms with Crippen molar-refractivity contribution in [2.24, 2.45) is 5.92 Å². The molecule has 1 aliphatic heterocycles. The maximum absolute atomic E-state index is 5.59. The summed E-state index contributed by atoms with van der Waals surface area (Å²) in [5.74, 6) is 3.32. The van der Waals surface area contributed by atoms with E-state index in [2.05, 4.69) is 18.2 Å². The molecule has 1 saturated heterocycles. The van der Waals surface area contributed by atoms with Gasteiger partial charge >= 0.3 is 0 Å². The quantitative estimate of drug-likeness (QED) is 0.511. The van der Waals surface area contributed by atoms with E-state index in [1.165, 1.54) is 6.42 Å². The van der Waals surface area contributed by atoms with Crippen LogP contribution in [-0.2, 0) is 4.74 Å². The number of nitrogens with one attached hydrogen (secondary N) is 1. The zero-order chi connectivity index (χ0) is 9.52. The van der Waals surface area contributed by atoms with Crippen molar-refractivity contribution >= 4 is 0 Å². The van der Waals surface area contributed by atoms with E-state index in [1.54, 1.807) is 0 Å². The van der Waals surface area contributed by atoms with E-state index in [-0.39, 0.29) is 0 Å². The van der Waals surface area contributed by atoms with Crippen molar-refractivity contribution in [1.29, 1.82) is 0 Å². The highest BCUT2D eigenvalue weighted by atomic mass is 16.5. The molecule has 0 amide bonds. The Labute approximate surface area is 81.0 Å². The molecule has 2 unspecified atom stereocenters. The first-order valence-electron chi connectivity index (χ1n) is 5.14. The van der Waals surface area contributed by atoms with Gasteiger partial charge in [-0.2, -0.15) is 0 Å². The lowest BCUT2D eigenvalue weighted by Crippen LogP contribution is -2.28. The molecule has 0 aromatic carbocycles. The highest BCUT2D eigenvalue weighted by Crippen LogP contribution is 2.22.